The van der Waals surface area contributed by atoms with Crippen LogP contribution in [0.2, 0.25) is 0 Å². The maximum Gasteiger partial charge on any atom is 0.179 e. The summed E-state index contributed by atoms with van der Waals surface area (Å²) in [6.07, 6.45) is 7.78. The molecule has 0 spiro atoms. The summed E-state index contributed by atoms with van der Waals surface area (Å²) in [6, 6.07) is 8.45. The van der Waals surface area contributed by atoms with E-state index in [1.54, 1.807) is 0 Å². The van der Waals surface area contributed by atoms with Gasteiger partial charge in [0.25, 0.3) is 0 Å². The Morgan fingerprint density at radius 3 is 2.87 bits per heavy atom. The number of rotatable bonds is 5. The van der Waals surface area contributed by atoms with Crippen molar-refractivity contribution >= 4 is 28.0 Å². The summed E-state index contributed by atoms with van der Waals surface area (Å²) >= 11 is 0. The smallest absolute Gasteiger partial charge is 0.179 e. The Balaban J connectivity index is 1.33. The molecule has 1 aliphatic heterocycles. The number of nitrogens with zero attached hydrogens (tertiary/aromatic N) is 6. The number of fused-ring (bicyclic) bond motifs is 2. The van der Waals surface area contributed by atoms with Crippen LogP contribution in [0.5, 0.6) is 0 Å². The Kier molecular flexibility index (Phi) is 4.60. The summed E-state index contributed by atoms with van der Waals surface area (Å²) in [4.78, 5) is 20.3. The van der Waals surface area contributed by atoms with Crippen molar-refractivity contribution < 1.29 is 0 Å². The zero-order valence-corrected chi connectivity index (χ0v) is 17.9. The Morgan fingerprint density at radius 1 is 1.10 bits per heavy atom. The van der Waals surface area contributed by atoms with Crippen molar-refractivity contribution in [2.75, 3.05) is 25.5 Å². The standard InChI is InChI=1S/C23H28N8/c1-30-11-4-5-16(10-12-30)31-23-21(24-13-19(28-23)15-8-9-15)22(29-31)25-14-20-26-17-6-2-3-7-18(17)27-20/h2-3,6-7,13,15-16H,4-5,8-12,14H2,1H3,(H,25,29)(H,26,27). The third-order valence-corrected chi connectivity index (χ3v) is 6.55. The highest BCUT2D eigenvalue weighted by molar-refractivity contribution is 5.83. The molecule has 1 aliphatic carbocycles. The Bertz CT molecular complexity index is 1190. The number of likely N-dealkylation sites (tertiary alicyclic amines) is 1. The highest BCUT2D eigenvalue weighted by atomic mass is 15.4. The van der Waals surface area contributed by atoms with Crippen molar-refractivity contribution in [1.29, 1.82) is 0 Å². The van der Waals surface area contributed by atoms with Gasteiger partial charge in [-0.2, -0.15) is 5.10 Å². The van der Waals surface area contributed by atoms with E-state index < -0.39 is 0 Å². The average molecular weight is 417 g/mol. The third-order valence-electron chi connectivity index (χ3n) is 6.55. The second-order valence-electron chi connectivity index (χ2n) is 8.98. The summed E-state index contributed by atoms with van der Waals surface area (Å²) in [5.74, 6) is 2.26. The second kappa shape index (κ2) is 7.60. The van der Waals surface area contributed by atoms with Gasteiger partial charge in [0, 0.05) is 12.1 Å². The SMILES string of the molecule is CN1CCCC(n2nc(NCc3nc4ccccc4[nH]3)c3ncc(C4CC4)nc32)CC1. The molecule has 1 aromatic carbocycles. The molecule has 0 bridgehead atoms. The van der Waals surface area contributed by atoms with E-state index >= 15 is 0 Å². The lowest BCUT2D eigenvalue weighted by Gasteiger charge is -2.16. The van der Waals surface area contributed by atoms with Gasteiger partial charge in [0.05, 0.1) is 29.3 Å². The highest BCUT2D eigenvalue weighted by Gasteiger charge is 2.28. The molecule has 0 amide bonds. The molecule has 4 heterocycles. The van der Waals surface area contributed by atoms with Crippen molar-refractivity contribution in [1.82, 2.24) is 34.6 Å². The summed E-state index contributed by atoms with van der Waals surface area (Å²) < 4.78 is 2.15. The number of aromatic amines is 1. The van der Waals surface area contributed by atoms with Gasteiger partial charge in [-0.25, -0.2) is 19.6 Å². The predicted molar refractivity (Wildman–Crippen MR) is 121 cm³/mol. The number of nitrogens with one attached hydrogen (secondary N) is 2. The van der Waals surface area contributed by atoms with E-state index in [-0.39, 0.29) is 0 Å². The van der Waals surface area contributed by atoms with Gasteiger partial charge in [-0.3, -0.25) is 0 Å². The molecule has 2 N–H and O–H groups in total. The Hall–Kier alpha value is -3.00. The van der Waals surface area contributed by atoms with E-state index in [2.05, 4.69) is 31.9 Å². The highest BCUT2D eigenvalue weighted by Crippen LogP contribution is 2.39. The minimum absolute atomic E-state index is 0.359. The van der Waals surface area contributed by atoms with Gasteiger partial charge in [0.15, 0.2) is 17.0 Å². The van der Waals surface area contributed by atoms with E-state index in [1.165, 1.54) is 19.3 Å². The maximum atomic E-state index is 5.03. The fourth-order valence-corrected chi connectivity index (χ4v) is 4.59. The molecule has 8 nitrogen and oxygen atoms in total. The van der Waals surface area contributed by atoms with Crippen LogP contribution in [0.25, 0.3) is 22.2 Å². The van der Waals surface area contributed by atoms with E-state index in [0.29, 0.717) is 18.5 Å². The molecule has 3 aromatic heterocycles. The second-order valence-corrected chi connectivity index (χ2v) is 8.98. The summed E-state index contributed by atoms with van der Waals surface area (Å²) in [7, 11) is 2.20. The molecule has 31 heavy (non-hydrogen) atoms. The fourth-order valence-electron chi connectivity index (χ4n) is 4.59. The first-order chi connectivity index (χ1) is 15.2. The molecular weight excluding hydrogens is 388 g/mol. The van der Waals surface area contributed by atoms with Crippen molar-refractivity contribution in [2.24, 2.45) is 0 Å². The lowest BCUT2D eigenvalue weighted by molar-refractivity contribution is 0.338. The van der Waals surface area contributed by atoms with Crippen LogP contribution in [0.4, 0.5) is 5.82 Å². The minimum atomic E-state index is 0.359. The van der Waals surface area contributed by atoms with Crippen LogP contribution in [0, 0.1) is 0 Å². The van der Waals surface area contributed by atoms with Crippen LogP contribution in [-0.2, 0) is 6.54 Å². The number of anilines is 1. The number of hydrogen-bond donors (Lipinski definition) is 2. The van der Waals surface area contributed by atoms with E-state index in [1.807, 2.05) is 30.5 Å². The molecule has 4 aromatic rings. The van der Waals surface area contributed by atoms with Crippen LogP contribution in [0.3, 0.4) is 0 Å². The largest absolute Gasteiger partial charge is 0.360 e. The minimum Gasteiger partial charge on any atom is -0.360 e. The topological polar surface area (TPSA) is 87.5 Å². The number of benzene rings is 1. The number of para-hydroxylation sites is 2. The molecule has 160 valence electrons. The van der Waals surface area contributed by atoms with Gasteiger partial charge in [0.1, 0.15) is 5.82 Å². The van der Waals surface area contributed by atoms with Gasteiger partial charge in [-0.1, -0.05) is 12.1 Å². The van der Waals surface area contributed by atoms with Gasteiger partial charge < -0.3 is 15.2 Å². The molecule has 1 saturated heterocycles. The molecule has 2 fully saturated rings. The average Bonchev–Trinajstić information content (AvgIpc) is 3.51. The van der Waals surface area contributed by atoms with Gasteiger partial charge in [-0.05, 0) is 64.4 Å². The van der Waals surface area contributed by atoms with Crippen LogP contribution < -0.4 is 5.32 Å². The van der Waals surface area contributed by atoms with Crippen LogP contribution in [-0.4, -0.2) is 54.8 Å². The Labute approximate surface area is 181 Å². The van der Waals surface area contributed by atoms with Gasteiger partial charge in [-0.15, -0.1) is 0 Å². The number of imidazole rings is 1. The first kappa shape index (κ1) is 18.7. The van der Waals surface area contributed by atoms with E-state index in [4.69, 9.17) is 15.1 Å². The molecule has 1 atom stereocenters. The fraction of sp³-hybridized carbons (Fsp3) is 0.478. The van der Waals surface area contributed by atoms with Crippen LogP contribution in [0.1, 0.15) is 55.6 Å². The molecule has 8 heteroatoms. The van der Waals surface area contributed by atoms with Crippen molar-refractivity contribution in [3.8, 4) is 0 Å². The first-order valence-electron chi connectivity index (χ1n) is 11.4. The van der Waals surface area contributed by atoms with Crippen molar-refractivity contribution in [3.63, 3.8) is 0 Å². The van der Waals surface area contributed by atoms with Gasteiger partial charge >= 0.3 is 0 Å². The number of hydrogen-bond acceptors (Lipinski definition) is 6. The number of H-pyrrole nitrogens is 1. The predicted octanol–water partition coefficient (Wildman–Crippen LogP) is 3.85. The maximum absolute atomic E-state index is 5.03. The summed E-state index contributed by atoms with van der Waals surface area (Å²) in [6.45, 7) is 2.80. The van der Waals surface area contributed by atoms with Crippen molar-refractivity contribution in [3.05, 3.63) is 42.0 Å². The van der Waals surface area contributed by atoms with Crippen LogP contribution in [0.15, 0.2) is 30.5 Å². The molecule has 1 saturated carbocycles. The van der Waals surface area contributed by atoms with Gasteiger partial charge in [0.2, 0.25) is 0 Å². The molecular formula is C23H28N8. The first-order valence-corrected chi connectivity index (χ1v) is 11.4. The molecule has 0 radical (unpaired) electrons. The lowest BCUT2D eigenvalue weighted by atomic mass is 10.1. The van der Waals surface area contributed by atoms with Crippen LogP contribution >= 0.6 is 0 Å². The normalized spacial score (nSPS) is 20.4. The summed E-state index contributed by atoms with van der Waals surface area (Å²) in [5.41, 5.74) is 4.92. The zero-order valence-electron chi connectivity index (χ0n) is 17.9. The van der Waals surface area contributed by atoms with E-state index in [9.17, 15) is 0 Å². The molecule has 2 aliphatic rings. The van der Waals surface area contributed by atoms with E-state index in [0.717, 1.165) is 65.5 Å². The number of aromatic nitrogens is 6. The Morgan fingerprint density at radius 2 is 2.00 bits per heavy atom. The third kappa shape index (κ3) is 3.65. The zero-order chi connectivity index (χ0) is 20.8. The molecule has 1 unspecified atom stereocenters. The lowest BCUT2D eigenvalue weighted by Crippen LogP contribution is -2.19. The van der Waals surface area contributed by atoms with Crippen molar-refractivity contribution in [2.45, 2.75) is 50.6 Å². The molecule has 6 rings (SSSR count). The quantitative estimate of drug-likeness (QED) is 0.514. The monoisotopic (exact) mass is 416 g/mol. The summed E-state index contributed by atoms with van der Waals surface area (Å²) in [5, 5.41) is 8.46.